The van der Waals surface area contributed by atoms with Crippen LogP contribution in [0.25, 0.3) is 0 Å². The van der Waals surface area contributed by atoms with Crippen molar-refractivity contribution < 1.29 is 9.63 Å². The Bertz CT molecular complexity index is 546. The molecular weight excluding hydrogens is 278 g/mol. The smallest absolute Gasteiger partial charge is 0.320 e. The van der Waals surface area contributed by atoms with E-state index in [0.717, 1.165) is 17.4 Å². The molecule has 7 nitrogen and oxygen atoms in total. The Kier molecular flexibility index (Phi) is 2.83. The lowest BCUT2D eigenvalue weighted by atomic mass is 9.83. The molecule has 2 aliphatic carbocycles. The Labute approximate surface area is 120 Å². The minimum absolute atomic E-state index is 0.261. The molecule has 2 bridgehead atoms. The number of fused-ring (bicyclic) bond motifs is 5. The number of carbonyl (C=O) groups is 1. The molecule has 0 spiro atoms. The first-order valence-electron chi connectivity index (χ1n) is 6.86. The van der Waals surface area contributed by atoms with Crippen molar-refractivity contribution in [2.75, 3.05) is 11.9 Å². The second-order valence-electron chi connectivity index (χ2n) is 5.61. The van der Waals surface area contributed by atoms with Gasteiger partial charge in [0.15, 0.2) is 5.82 Å². The highest BCUT2D eigenvalue weighted by Crippen LogP contribution is 2.52. The highest BCUT2D eigenvalue weighted by molar-refractivity contribution is 6.99. The van der Waals surface area contributed by atoms with Gasteiger partial charge in [-0.15, -0.1) is 0 Å². The van der Waals surface area contributed by atoms with E-state index >= 15 is 0 Å². The number of hydrogen-bond acceptors (Lipinski definition) is 6. The van der Waals surface area contributed by atoms with Gasteiger partial charge in [0.2, 0.25) is 0 Å². The van der Waals surface area contributed by atoms with Crippen LogP contribution < -0.4 is 10.6 Å². The lowest BCUT2D eigenvalue weighted by molar-refractivity contribution is 0.0275. The zero-order valence-corrected chi connectivity index (χ0v) is 11.6. The zero-order chi connectivity index (χ0) is 13.5. The Morgan fingerprint density at radius 3 is 3.20 bits per heavy atom. The molecule has 2 amide bonds. The van der Waals surface area contributed by atoms with E-state index in [0.29, 0.717) is 30.1 Å². The first-order chi connectivity index (χ1) is 9.81. The number of urea groups is 1. The average molecular weight is 293 g/mol. The van der Waals surface area contributed by atoms with Crippen molar-refractivity contribution in [3.63, 3.8) is 0 Å². The molecular formula is C12H15N5O2S. The van der Waals surface area contributed by atoms with E-state index in [-0.39, 0.29) is 12.1 Å². The van der Waals surface area contributed by atoms with Gasteiger partial charge in [0.05, 0.1) is 30.2 Å². The highest BCUT2D eigenvalue weighted by atomic mass is 32.1. The highest BCUT2D eigenvalue weighted by Gasteiger charge is 2.54. The van der Waals surface area contributed by atoms with Crippen molar-refractivity contribution in [3.8, 4) is 0 Å². The van der Waals surface area contributed by atoms with E-state index in [1.165, 1.54) is 25.5 Å². The van der Waals surface area contributed by atoms with Crippen LogP contribution in [0.3, 0.4) is 0 Å². The molecule has 106 valence electrons. The summed E-state index contributed by atoms with van der Waals surface area (Å²) >= 11 is 1.06. The lowest BCUT2D eigenvalue weighted by Crippen LogP contribution is -2.38. The van der Waals surface area contributed by atoms with Crippen molar-refractivity contribution in [1.29, 1.82) is 0 Å². The van der Waals surface area contributed by atoms with Crippen molar-refractivity contribution >= 4 is 29.3 Å². The molecule has 8 heteroatoms. The van der Waals surface area contributed by atoms with Gasteiger partial charge in [0.1, 0.15) is 6.10 Å². The summed E-state index contributed by atoms with van der Waals surface area (Å²) in [7, 11) is 0. The number of carbonyl (C=O) groups excluding carboxylic acids is 1. The second kappa shape index (κ2) is 4.69. The van der Waals surface area contributed by atoms with Crippen molar-refractivity contribution in [1.82, 2.24) is 14.1 Å². The number of nitrogens with one attached hydrogen (secondary N) is 2. The van der Waals surface area contributed by atoms with E-state index in [1.54, 1.807) is 0 Å². The molecule has 0 unspecified atom stereocenters. The van der Waals surface area contributed by atoms with Gasteiger partial charge in [-0.2, -0.15) is 8.75 Å². The topological polar surface area (TPSA) is 88.5 Å². The normalized spacial score (nSPS) is 33.5. The third-order valence-corrected chi connectivity index (χ3v) is 5.03. The molecule has 4 rings (SSSR count). The second-order valence-corrected chi connectivity index (χ2v) is 6.17. The van der Waals surface area contributed by atoms with E-state index < -0.39 is 0 Å². The van der Waals surface area contributed by atoms with E-state index in [9.17, 15) is 4.79 Å². The summed E-state index contributed by atoms with van der Waals surface area (Å²) in [5, 5.41) is 9.62. The van der Waals surface area contributed by atoms with Gasteiger partial charge in [0.25, 0.3) is 0 Å². The van der Waals surface area contributed by atoms with Crippen LogP contribution >= 0.6 is 11.7 Å². The Morgan fingerprint density at radius 2 is 2.35 bits per heavy atom. The van der Waals surface area contributed by atoms with Gasteiger partial charge in [-0.3, -0.25) is 5.32 Å². The van der Waals surface area contributed by atoms with Crippen LogP contribution in [-0.4, -0.2) is 33.1 Å². The third kappa shape index (κ3) is 1.94. The molecule has 0 aromatic carbocycles. The summed E-state index contributed by atoms with van der Waals surface area (Å²) in [6, 6.07) is -0.285. The number of amides is 2. The van der Waals surface area contributed by atoms with E-state index in [2.05, 4.69) is 24.5 Å². The van der Waals surface area contributed by atoms with Crippen molar-refractivity contribution in [2.45, 2.75) is 25.4 Å². The molecule has 1 aliphatic heterocycles. The maximum Gasteiger partial charge on any atom is 0.320 e. The summed E-state index contributed by atoms with van der Waals surface area (Å²) in [4.78, 5) is 17.3. The summed E-state index contributed by atoms with van der Waals surface area (Å²) in [5.41, 5.74) is 0.980. The number of nitrogens with zero attached hydrogens (tertiary/aromatic N) is 3. The molecule has 0 radical (unpaired) electrons. The molecule has 2 heterocycles. The molecule has 2 fully saturated rings. The predicted octanol–water partition coefficient (Wildman–Crippen LogP) is 1.46. The minimum atomic E-state index is -0.285. The molecule has 20 heavy (non-hydrogen) atoms. The van der Waals surface area contributed by atoms with E-state index in [4.69, 9.17) is 4.84 Å². The molecule has 3 aliphatic rings. The van der Waals surface area contributed by atoms with E-state index in [1.807, 2.05) is 0 Å². The predicted molar refractivity (Wildman–Crippen MR) is 73.6 cm³/mol. The third-order valence-electron chi connectivity index (χ3n) is 4.55. The van der Waals surface area contributed by atoms with Crippen LogP contribution in [0.4, 0.5) is 10.6 Å². The van der Waals surface area contributed by atoms with Crippen LogP contribution in [0.2, 0.25) is 0 Å². The first-order valence-corrected chi connectivity index (χ1v) is 7.59. The Morgan fingerprint density at radius 1 is 1.45 bits per heavy atom. The van der Waals surface area contributed by atoms with Gasteiger partial charge < -0.3 is 10.2 Å². The molecule has 2 saturated carbocycles. The van der Waals surface area contributed by atoms with Gasteiger partial charge in [-0.1, -0.05) is 5.16 Å². The van der Waals surface area contributed by atoms with Gasteiger partial charge in [0, 0.05) is 5.92 Å². The van der Waals surface area contributed by atoms with Crippen molar-refractivity contribution in [3.05, 3.63) is 6.20 Å². The fourth-order valence-corrected chi connectivity index (χ4v) is 4.12. The number of aromatic nitrogens is 2. The Hall–Kier alpha value is -1.70. The van der Waals surface area contributed by atoms with Gasteiger partial charge >= 0.3 is 6.03 Å². The van der Waals surface area contributed by atoms with Crippen molar-refractivity contribution in [2.24, 2.45) is 22.9 Å². The summed E-state index contributed by atoms with van der Waals surface area (Å²) in [5.74, 6) is 2.24. The number of hydrogen-bond donors (Lipinski definition) is 2. The lowest BCUT2D eigenvalue weighted by Gasteiger charge is -2.23. The number of rotatable bonds is 3. The maximum absolute atomic E-state index is 11.7. The van der Waals surface area contributed by atoms with Gasteiger partial charge in [-0.05, 0) is 31.1 Å². The molecule has 2 N–H and O–H groups in total. The average Bonchev–Trinajstić information content (AvgIpc) is 3.19. The van der Waals surface area contributed by atoms with Crippen LogP contribution in [0.5, 0.6) is 0 Å². The number of anilines is 1. The van der Waals surface area contributed by atoms with Crippen LogP contribution in [-0.2, 0) is 4.84 Å². The number of oxime groups is 1. The summed E-state index contributed by atoms with van der Waals surface area (Å²) in [6.45, 7) is 0.438. The molecule has 0 saturated heterocycles. The SMILES string of the molecule is O=C(NCC1=NO[C@@H]2[C@H]3CC[C@H](C3)[C@H]12)Nc1cnsn1. The Balaban J connectivity index is 1.33. The zero-order valence-electron chi connectivity index (χ0n) is 10.8. The fraction of sp³-hybridized carbons (Fsp3) is 0.667. The monoisotopic (exact) mass is 293 g/mol. The largest absolute Gasteiger partial charge is 0.391 e. The molecule has 1 aromatic rings. The molecule has 1 aromatic heterocycles. The van der Waals surface area contributed by atoms with Gasteiger partial charge in [-0.25, -0.2) is 4.79 Å². The first kappa shape index (κ1) is 12.1. The quantitative estimate of drug-likeness (QED) is 0.883. The van der Waals surface area contributed by atoms with Crippen LogP contribution in [0, 0.1) is 17.8 Å². The van der Waals surface area contributed by atoms with Crippen LogP contribution in [0.15, 0.2) is 11.4 Å². The molecule has 4 atom stereocenters. The summed E-state index contributed by atoms with van der Waals surface area (Å²) in [6.07, 6.45) is 5.57. The fourth-order valence-electron chi connectivity index (χ4n) is 3.74. The summed E-state index contributed by atoms with van der Waals surface area (Å²) < 4.78 is 7.75. The minimum Gasteiger partial charge on any atom is -0.391 e. The maximum atomic E-state index is 11.7. The standard InChI is InChI=1S/C12H15N5O2S/c18-12(15-9-5-14-20-17-9)13-4-8-10-6-1-2-7(3-6)11(10)19-16-8/h5-7,10-11H,1-4H2,(H2,13,15,17,18)/t6-,7+,10-,11-/m1/s1. The van der Waals surface area contributed by atoms with Crippen LogP contribution in [0.1, 0.15) is 19.3 Å².